The molecule has 0 fully saturated rings. The van der Waals surface area contributed by atoms with Crippen molar-refractivity contribution in [1.29, 1.82) is 0 Å². The lowest BCUT2D eigenvalue weighted by atomic mass is 10.2. The van der Waals surface area contributed by atoms with Gasteiger partial charge in [-0.1, -0.05) is 17.3 Å². The zero-order valence-corrected chi connectivity index (χ0v) is 12.6. The van der Waals surface area contributed by atoms with Crippen molar-refractivity contribution in [3.05, 3.63) is 36.0 Å². The first-order valence-corrected chi connectivity index (χ1v) is 6.97. The molecule has 1 heterocycles. The topological polar surface area (TPSA) is 69.4 Å². The van der Waals surface area contributed by atoms with E-state index in [1.807, 2.05) is 31.3 Å². The summed E-state index contributed by atoms with van der Waals surface area (Å²) in [5.41, 5.74) is 0. The summed E-state index contributed by atoms with van der Waals surface area (Å²) in [5, 5.41) is 7.10. The van der Waals surface area contributed by atoms with Crippen molar-refractivity contribution in [2.75, 3.05) is 20.8 Å². The standard InChI is InChI=1S/C15H21N3O3/c1-11(16-2)10-14-17-15(21-18-14)8-9-20-13-7-5-4-6-12(13)19-3/h4-7,11,16H,8-10H2,1-3H3. The Morgan fingerprint density at radius 3 is 2.76 bits per heavy atom. The number of aromatic nitrogens is 2. The van der Waals surface area contributed by atoms with E-state index >= 15 is 0 Å². The van der Waals surface area contributed by atoms with Crippen LogP contribution in [0.3, 0.4) is 0 Å². The summed E-state index contributed by atoms with van der Waals surface area (Å²) in [5.74, 6) is 2.72. The average Bonchev–Trinajstić information content (AvgIpc) is 2.95. The highest BCUT2D eigenvalue weighted by molar-refractivity contribution is 5.39. The fourth-order valence-corrected chi connectivity index (χ4v) is 1.84. The molecule has 21 heavy (non-hydrogen) atoms. The van der Waals surface area contributed by atoms with Crippen LogP contribution >= 0.6 is 0 Å². The lowest BCUT2D eigenvalue weighted by Crippen LogP contribution is -2.24. The molecule has 0 saturated heterocycles. The van der Waals surface area contributed by atoms with Crippen molar-refractivity contribution >= 4 is 0 Å². The number of nitrogens with one attached hydrogen (secondary N) is 1. The van der Waals surface area contributed by atoms with Crippen LogP contribution in [-0.4, -0.2) is 36.9 Å². The zero-order chi connectivity index (χ0) is 15.1. The third-order valence-electron chi connectivity index (χ3n) is 3.13. The van der Waals surface area contributed by atoms with Crippen molar-refractivity contribution < 1.29 is 14.0 Å². The number of methoxy groups -OCH3 is 1. The Kier molecular flexibility index (Phi) is 5.57. The van der Waals surface area contributed by atoms with Gasteiger partial charge in [-0.05, 0) is 26.1 Å². The Balaban J connectivity index is 1.83. The van der Waals surface area contributed by atoms with Gasteiger partial charge in [0.05, 0.1) is 20.1 Å². The second-order valence-corrected chi connectivity index (χ2v) is 4.75. The van der Waals surface area contributed by atoms with Crippen LogP contribution in [0.2, 0.25) is 0 Å². The lowest BCUT2D eigenvalue weighted by Gasteiger charge is -2.08. The molecule has 0 aliphatic rings. The van der Waals surface area contributed by atoms with Gasteiger partial charge < -0.3 is 19.3 Å². The fraction of sp³-hybridized carbons (Fsp3) is 0.467. The molecule has 6 nitrogen and oxygen atoms in total. The van der Waals surface area contributed by atoms with Crippen molar-refractivity contribution in [1.82, 2.24) is 15.5 Å². The molecule has 114 valence electrons. The molecule has 0 aliphatic heterocycles. The van der Waals surface area contributed by atoms with Crippen molar-refractivity contribution in [2.24, 2.45) is 0 Å². The maximum Gasteiger partial charge on any atom is 0.230 e. The summed E-state index contributed by atoms with van der Waals surface area (Å²) in [7, 11) is 3.53. The quantitative estimate of drug-likeness (QED) is 0.800. The van der Waals surface area contributed by atoms with Crippen LogP contribution in [0.15, 0.2) is 28.8 Å². The Labute approximate surface area is 124 Å². The van der Waals surface area contributed by atoms with Gasteiger partial charge in [-0.25, -0.2) is 0 Å². The summed E-state index contributed by atoms with van der Waals surface area (Å²) in [6.07, 6.45) is 1.31. The van der Waals surface area contributed by atoms with Crippen LogP contribution in [-0.2, 0) is 12.8 Å². The molecule has 1 aromatic heterocycles. The van der Waals surface area contributed by atoms with Gasteiger partial charge in [0.15, 0.2) is 17.3 Å². The number of likely N-dealkylation sites (N-methyl/N-ethyl adjacent to an activating group) is 1. The molecule has 0 radical (unpaired) electrons. The third-order valence-corrected chi connectivity index (χ3v) is 3.13. The minimum atomic E-state index is 0.320. The second-order valence-electron chi connectivity index (χ2n) is 4.75. The van der Waals surface area contributed by atoms with E-state index in [0.717, 1.165) is 6.42 Å². The van der Waals surface area contributed by atoms with Gasteiger partial charge in [0.25, 0.3) is 0 Å². The summed E-state index contributed by atoms with van der Waals surface area (Å²) in [6, 6.07) is 7.85. The predicted molar refractivity (Wildman–Crippen MR) is 78.7 cm³/mol. The molecule has 0 saturated carbocycles. The van der Waals surface area contributed by atoms with Gasteiger partial charge >= 0.3 is 0 Å². The maximum absolute atomic E-state index is 5.68. The van der Waals surface area contributed by atoms with Crippen molar-refractivity contribution in [3.63, 3.8) is 0 Å². The van der Waals surface area contributed by atoms with Crippen LogP contribution in [0.1, 0.15) is 18.6 Å². The molecule has 1 unspecified atom stereocenters. The molecular weight excluding hydrogens is 270 g/mol. The number of rotatable bonds is 8. The lowest BCUT2D eigenvalue weighted by molar-refractivity contribution is 0.277. The van der Waals surface area contributed by atoms with E-state index in [2.05, 4.69) is 22.4 Å². The largest absolute Gasteiger partial charge is 0.493 e. The van der Waals surface area contributed by atoms with Crippen LogP contribution in [0, 0.1) is 0 Å². The molecule has 1 aromatic carbocycles. The molecule has 1 N–H and O–H groups in total. The Morgan fingerprint density at radius 2 is 2.05 bits per heavy atom. The molecule has 0 aliphatic carbocycles. The molecular formula is C15H21N3O3. The Bertz CT molecular complexity index is 557. The van der Waals surface area contributed by atoms with Crippen LogP contribution in [0.5, 0.6) is 11.5 Å². The fourth-order valence-electron chi connectivity index (χ4n) is 1.84. The molecule has 2 aromatic rings. The molecule has 0 amide bonds. The average molecular weight is 291 g/mol. The van der Waals surface area contributed by atoms with E-state index in [1.165, 1.54) is 0 Å². The van der Waals surface area contributed by atoms with E-state index in [9.17, 15) is 0 Å². The Morgan fingerprint density at radius 1 is 1.29 bits per heavy atom. The minimum absolute atomic E-state index is 0.320. The smallest absolute Gasteiger partial charge is 0.230 e. The number of para-hydroxylation sites is 2. The molecule has 0 bridgehead atoms. The van der Waals surface area contributed by atoms with Crippen LogP contribution in [0.25, 0.3) is 0 Å². The summed E-state index contributed by atoms with van der Waals surface area (Å²) in [6.45, 7) is 2.53. The molecule has 2 rings (SSSR count). The van der Waals surface area contributed by atoms with Crippen molar-refractivity contribution in [3.8, 4) is 11.5 Å². The minimum Gasteiger partial charge on any atom is -0.493 e. The zero-order valence-electron chi connectivity index (χ0n) is 12.6. The van der Waals surface area contributed by atoms with Gasteiger partial charge in [0.2, 0.25) is 5.89 Å². The van der Waals surface area contributed by atoms with E-state index in [-0.39, 0.29) is 0 Å². The first-order valence-electron chi connectivity index (χ1n) is 6.97. The highest BCUT2D eigenvalue weighted by atomic mass is 16.5. The van der Waals surface area contributed by atoms with Gasteiger partial charge in [0, 0.05) is 12.5 Å². The van der Waals surface area contributed by atoms with Crippen LogP contribution in [0.4, 0.5) is 0 Å². The first-order chi connectivity index (χ1) is 10.2. The monoisotopic (exact) mass is 291 g/mol. The van der Waals surface area contributed by atoms with Gasteiger partial charge in [0.1, 0.15) is 0 Å². The molecule has 1 atom stereocenters. The first kappa shape index (κ1) is 15.3. The highest BCUT2D eigenvalue weighted by Crippen LogP contribution is 2.25. The predicted octanol–water partition coefficient (Wildman–Crippen LogP) is 1.85. The van der Waals surface area contributed by atoms with E-state index in [0.29, 0.717) is 42.3 Å². The van der Waals surface area contributed by atoms with E-state index in [4.69, 9.17) is 14.0 Å². The second kappa shape index (κ2) is 7.64. The normalized spacial score (nSPS) is 12.1. The number of benzene rings is 1. The van der Waals surface area contributed by atoms with Gasteiger partial charge in [-0.3, -0.25) is 0 Å². The highest BCUT2D eigenvalue weighted by Gasteiger charge is 2.10. The van der Waals surface area contributed by atoms with Gasteiger partial charge in [-0.15, -0.1) is 0 Å². The SMILES string of the molecule is CNC(C)Cc1noc(CCOc2ccccc2OC)n1. The molecule has 6 heteroatoms. The number of nitrogens with zero attached hydrogens (tertiary/aromatic N) is 2. The Hall–Kier alpha value is -2.08. The third kappa shape index (κ3) is 4.46. The molecule has 0 spiro atoms. The summed E-state index contributed by atoms with van der Waals surface area (Å²) < 4.78 is 16.1. The summed E-state index contributed by atoms with van der Waals surface area (Å²) >= 11 is 0. The van der Waals surface area contributed by atoms with Crippen LogP contribution < -0.4 is 14.8 Å². The van der Waals surface area contributed by atoms with Crippen molar-refractivity contribution in [2.45, 2.75) is 25.8 Å². The number of ether oxygens (including phenoxy) is 2. The van der Waals surface area contributed by atoms with Gasteiger partial charge in [-0.2, -0.15) is 4.98 Å². The van der Waals surface area contributed by atoms with E-state index in [1.54, 1.807) is 7.11 Å². The number of hydrogen-bond acceptors (Lipinski definition) is 6. The summed E-state index contributed by atoms with van der Waals surface area (Å²) in [4.78, 5) is 4.34. The maximum atomic E-state index is 5.68. The van der Waals surface area contributed by atoms with E-state index < -0.39 is 0 Å². The number of hydrogen-bond donors (Lipinski definition) is 1.